The van der Waals surface area contributed by atoms with E-state index in [0.717, 1.165) is 10.3 Å². The smallest absolute Gasteiger partial charge is 0.228 e. The Hall–Kier alpha value is -2.66. The summed E-state index contributed by atoms with van der Waals surface area (Å²) in [6, 6.07) is 14.6. The molecule has 1 amide bonds. The number of hydroxylamine groups is 1. The van der Waals surface area contributed by atoms with E-state index in [1.165, 1.54) is 4.90 Å². The molecule has 1 aliphatic heterocycles. The summed E-state index contributed by atoms with van der Waals surface area (Å²) in [5.74, 6) is 0.321. The van der Waals surface area contributed by atoms with E-state index < -0.39 is 0 Å². The van der Waals surface area contributed by atoms with Crippen LogP contribution in [0, 0.1) is 5.21 Å². The summed E-state index contributed by atoms with van der Waals surface area (Å²) in [4.78, 5) is 18.1. The lowest BCUT2D eigenvalue weighted by Crippen LogP contribution is -2.37. The zero-order chi connectivity index (χ0) is 18.0. The number of halogens is 1. The van der Waals surface area contributed by atoms with Crippen molar-refractivity contribution in [3.8, 4) is 0 Å². The third-order valence-corrected chi connectivity index (χ3v) is 4.34. The number of rotatable bonds is 2. The summed E-state index contributed by atoms with van der Waals surface area (Å²) in [6.45, 7) is 1.76. The maximum Gasteiger partial charge on any atom is 0.228 e. The largest absolute Gasteiger partial charge is 0.623 e. The Balaban J connectivity index is 2.20. The molecule has 0 aromatic heterocycles. The molecule has 5 nitrogen and oxygen atoms in total. The van der Waals surface area contributed by atoms with Crippen molar-refractivity contribution in [2.45, 2.75) is 13.3 Å². The molecule has 2 aromatic carbocycles. The number of likely N-dealkylation sites (N-methyl/N-ethyl adjacent to an activating group) is 1. The number of fused-ring (bicyclic) bond motifs is 1. The first-order valence-electron chi connectivity index (χ1n) is 8.02. The first-order valence-corrected chi connectivity index (χ1v) is 8.40. The van der Waals surface area contributed by atoms with E-state index in [9.17, 15) is 10.0 Å². The lowest BCUT2D eigenvalue weighted by molar-refractivity contribution is -0.440. The van der Waals surface area contributed by atoms with Crippen molar-refractivity contribution in [3.63, 3.8) is 0 Å². The van der Waals surface area contributed by atoms with Crippen molar-refractivity contribution in [1.82, 2.24) is 4.90 Å². The molecule has 1 heterocycles. The van der Waals surface area contributed by atoms with E-state index in [2.05, 4.69) is 4.99 Å². The van der Waals surface area contributed by atoms with Crippen LogP contribution >= 0.6 is 11.6 Å². The first-order chi connectivity index (χ1) is 12.0. The van der Waals surface area contributed by atoms with Gasteiger partial charge in [-0.15, -0.1) is 0 Å². The van der Waals surface area contributed by atoms with Gasteiger partial charge in [-0.05, 0) is 30.3 Å². The number of amidine groups is 1. The van der Waals surface area contributed by atoms with Gasteiger partial charge >= 0.3 is 0 Å². The van der Waals surface area contributed by atoms with Crippen molar-refractivity contribution in [3.05, 3.63) is 69.9 Å². The number of benzene rings is 2. The normalized spacial score (nSPS) is 13.8. The minimum absolute atomic E-state index is 0.0151. The Bertz CT molecular complexity index is 875. The minimum atomic E-state index is -0.0918. The van der Waals surface area contributed by atoms with Gasteiger partial charge in [-0.2, -0.15) is 4.74 Å². The van der Waals surface area contributed by atoms with Gasteiger partial charge in [0.1, 0.15) is 0 Å². The number of hydrogen-bond acceptors (Lipinski definition) is 3. The van der Waals surface area contributed by atoms with Crippen LogP contribution in [0.1, 0.15) is 24.5 Å². The fourth-order valence-corrected chi connectivity index (χ4v) is 2.94. The summed E-state index contributed by atoms with van der Waals surface area (Å²) in [5, 5.41) is 13.5. The molecule has 0 atom stereocenters. The average molecular weight is 356 g/mol. The van der Waals surface area contributed by atoms with Crippen LogP contribution in [0.5, 0.6) is 0 Å². The SMILES string of the molecule is CCC(=O)N(C)C1=Nc2ccc(Cl)cc2C(c2ccccc2)=[N+]([O-])C1. The molecule has 0 aliphatic carbocycles. The Morgan fingerprint density at radius 2 is 2.00 bits per heavy atom. The number of nitrogens with zero attached hydrogens (tertiary/aromatic N) is 3. The predicted molar refractivity (Wildman–Crippen MR) is 99.8 cm³/mol. The molecular formula is C19H18ClN3O2. The van der Waals surface area contributed by atoms with Gasteiger partial charge in [-0.1, -0.05) is 36.7 Å². The maximum atomic E-state index is 12.9. The first kappa shape index (κ1) is 17.2. The van der Waals surface area contributed by atoms with Crippen molar-refractivity contribution in [2.24, 2.45) is 4.99 Å². The van der Waals surface area contributed by atoms with E-state index in [1.807, 2.05) is 30.3 Å². The third kappa shape index (κ3) is 3.42. The molecule has 0 saturated carbocycles. The van der Waals surface area contributed by atoms with Crippen LogP contribution in [-0.4, -0.2) is 40.7 Å². The van der Waals surface area contributed by atoms with Gasteiger partial charge in [0.25, 0.3) is 0 Å². The Morgan fingerprint density at radius 1 is 1.28 bits per heavy atom. The zero-order valence-corrected chi connectivity index (χ0v) is 14.8. The van der Waals surface area contributed by atoms with Crippen molar-refractivity contribution in [1.29, 1.82) is 0 Å². The van der Waals surface area contributed by atoms with Crippen LogP contribution in [0.2, 0.25) is 5.02 Å². The number of carbonyl (C=O) groups is 1. The molecule has 0 radical (unpaired) electrons. The highest BCUT2D eigenvalue weighted by Crippen LogP contribution is 2.28. The van der Waals surface area contributed by atoms with Crippen molar-refractivity contribution >= 4 is 34.7 Å². The minimum Gasteiger partial charge on any atom is -0.623 e. The number of amides is 1. The summed E-state index contributed by atoms with van der Waals surface area (Å²) >= 11 is 6.16. The molecule has 0 fully saturated rings. The van der Waals surface area contributed by atoms with Crippen molar-refractivity contribution in [2.75, 3.05) is 13.6 Å². The van der Waals surface area contributed by atoms with Gasteiger partial charge in [0.2, 0.25) is 18.2 Å². The second-order valence-corrected chi connectivity index (χ2v) is 6.18. The number of carbonyl (C=O) groups excluding carboxylic acids is 1. The molecule has 1 aliphatic rings. The maximum absolute atomic E-state index is 12.9. The van der Waals surface area contributed by atoms with Gasteiger partial charge in [0.05, 0.1) is 11.3 Å². The highest BCUT2D eigenvalue weighted by atomic mass is 35.5. The molecule has 0 bridgehead atoms. The van der Waals surface area contributed by atoms with Crippen molar-refractivity contribution < 1.29 is 9.53 Å². The van der Waals surface area contributed by atoms with E-state index in [4.69, 9.17) is 11.6 Å². The molecule has 25 heavy (non-hydrogen) atoms. The monoisotopic (exact) mass is 355 g/mol. The fraction of sp³-hybridized carbons (Fsp3) is 0.211. The summed E-state index contributed by atoms with van der Waals surface area (Å²) in [6.07, 6.45) is 0.344. The zero-order valence-electron chi connectivity index (χ0n) is 14.1. The predicted octanol–water partition coefficient (Wildman–Crippen LogP) is 3.60. The summed E-state index contributed by atoms with van der Waals surface area (Å²) in [7, 11) is 1.64. The van der Waals surface area contributed by atoms with Crippen LogP contribution in [0.4, 0.5) is 5.69 Å². The second-order valence-electron chi connectivity index (χ2n) is 5.75. The fourth-order valence-electron chi connectivity index (χ4n) is 2.77. The molecule has 0 saturated heterocycles. The molecule has 2 aromatic rings. The van der Waals surface area contributed by atoms with E-state index in [-0.39, 0.29) is 12.5 Å². The van der Waals surface area contributed by atoms with E-state index >= 15 is 0 Å². The summed E-state index contributed by atoms with van der Waals surface area (Å²) in [5.41, 5.74) is 2.55. The Kier molecular flexibility index (Phi) is 4.86. The molecule has 6 heteroatoms. The van der Waals surface area contributed by atoms with Gasteiger partial charge in [-0.3, -0.25) is 9.69 Å². The van der Waals surface area contributed by atoms with E-state index in [1.54, 1.807) is 32.2 Å². The molecule has 0 spiro atoms. The average Bonchev–Trinajstić information content (AvgIpc) is 2.76. The molecule has 0 unspecified atom stereocenters. The lowest BCUT2D eigenvalue weighted by Gasteiger charge is -2.17. The van der Waals surface area contributed by atoms with Crippen LogP contribution in [0.25, 0.3) is 0 Å². The second kappa shape index (κ2) is 7.07. The van der Waals surface area contributed by atoms with Crippen LogP contribution in [0.3, 0.4) is 0 Å². The number of hydrogen-bond donors (Lipinski definition) is 0. The standard InChI is InChI=1S/C19H18ClN3O2/c1-3-18(24)22(2)17-12-23(25)19(13-7-5-4-6-8-13)15-11-14(20)9-10-16(15)21-17/h4-11H,3,12H2,1-2H3. The third-order valence-electron chi connectivity index (χ3n) is 4.11. The summed E-state index contributed by atoms with van der Waals surface area (Å²) < 4.78 is 0.871. The number of aliphatic imine (C=N–C) groups is 1. The highest BCUT2D eigenvalue weighted by molar-refractivity contribution is 6.31. The van der Waals surface area contributed by atoms with Gasteiger partial charge in [0, 0.05) is 24.1 Å². The Labute approximate surface area is 151 Å². The molecular weight excluding hydrogens is 338 g/mol. The van der Waals surface area contributed by atoms with Gasteiger partial charge in [0.15, 0.2) is 5.84 Å². The Morgan fingerprint density at radius 3 is 2.68 bits per heavy atom. The van der Waals surface area contributed by atoms with E-state index in [0.29, 0.717) is 34.2 Å². The van der Waals surface area contributed by atoms with Crippen LogP contribution < -0.4 is 0 Å². The molecule has 3 rings (SSSR count). The highest BCUT2D eigenvalue weighted by Gasteiger charge is 2.27. The van der Waals surface area contributed by atoms with Crippen LogP contribution in [0.15, 0.2) is 53.5 Å². The van der Waals surface area contributed by atoms with Gasteiger partial charge < -0.3 is 5.21 Å². The molecule has 0 N–H and O–H groups in total. The topological polar surface area (TPSA) is 58.7 Å². The van der Waals surface area contributed by atoms with Gasteiger partial charge in [-0.25, -0.2) is 4.99 Å². The van der Waals surface area contributed by atoms with Crippen LogP contribution in [-0.2, 0) is 4.79 Å². The molecule has 128 valence electrons. The lowest BCUT2D eigenvalue weighted by atomic mass is 10.0. The quantitative estimate of drug-likeness (QED) is 0.610.